The van der Waals surface area contributed by atoms with E-state index in [1.807, 2.05) is 0 Å². The van der Waals surface area contributed by atoms with Gasteiger partial charge < -0.3 is 5.32 Å². The molecule has 1 amide bonds. The molecule has 2 aromatic carbocycles. The number of hydrogen-bond donors (Lipinski definition) is 1. The lowest BCUT2D eigenvalue weighted by Crippen LogP contribution is -2.19. The molecule has 0 unspecified atom stereocenters. The summed E-state index contributed by atoms with van der Waals surface area (Å²) in [4.78, 5) is 12.3. The van der Waals surface area contributed by atoms with Crippen LogP contribution in [-0.2, 0) is 6.18 Å². The average molecular weight is 445 g/mol. The number of anilines is 1. The van der Waals surface area contributed by atoms with Crippen LogP contribution in [-0.4, -0.2) is 15.7 Å². The monoisotopic (exact) mass is 443 g/mol. The number of nitrogens with zero attached hydrogens (tertiary/aromatic N) is 2. The summed E-state index contributed by atoms with van der Waals surface area (Å²) in [6.45, 7) is 0. The molecule has 1 N–H and O–H groups in total. The van der Waals surface area contributed by atoms with Crippen molar-refractivity contribution in [2.24, 2.45) is 0 Å². The van der Waals surface area contributed by atoms with E-state index in [-0.39, 0.29) is 5.82 Å². The minimum Gasteiger partial charge on any atom is -0.304 e. The van der Waals surface area contributed by atoms with E-state index >= 15 is 0 Å². The van der Waals surface area contributed by atoms with Crippen LogP contribution in [0.3, 0.4) is 0 Å². The van der Waals surface area contributed by atoms with Gasteiger partial charge in [-0.25, -0.2) is 4.68 Å². The highest BCUT2D eigenvalue weighted by molar-refractivity contribution is 9.10. The predicted octanol–water partition coefficient (Wildman–Crippen LogP) is 5.56. The standard InChI is InChI=1S/C17H10BrClF3N3O/c18-12-9-25(14-8-4-3-7-13(14)19)24-15(12)23-16(26)10-5-1-2-6-11(10)17(20,21)22/h1-9H,(H,23,24,26). The van der Waals surface area contributed by atoms with E-state index in [1.54, 1.807) is 30.5 Å². The van der Waals surface area contributed by atoms with Gasteiger partial charge in [0.15, 0.2) is 5.82 Å². The lowest BCUT2D eigenvalue weighted by atomic mass is 10.1. The Balaban J connectivity index is 1.92. The maximum absolute atomic E-state index is 13.1. The van der Waals surface area contributed by atoms with E-state index in [0.29, 0.717) is 15.2 Å². The molecule has 0 aliphatic carbocycles. The fraction of sp³-hybridized carbons (Fsp3) is 0.0588. The number of halogens is 5. The van der Waals surface area contributed by atoms with Crippen molar-refractivity contribution in [1.29, 1.82) is 0 Å². The van der Waals surface area contributed by atoms with E-state index in [2.05, 4.69) is 26.3 Å². The van der Waals surface area contributed by atoms with Crippen molar-refractivity contribution in [3.05, 3.63) is 75.4 Å². The Labute approximate surface area is 159 Å². The first-order chi connectivity index (χ1) is 12.3. The van der Waals surface area contributed by atoms with Gasteiger partial charge in [0.05, 0.1) is 26.3 Å². The number of aromatic nitrogens is 2. The molecule has 3 rings (SSSR count). The van der Waals surface area contributed by atoms with Crippen molar-refractivity contribution in [3.8, 4) is 5.69 Å². The maximum Gasteiger partial charge on any atom is 0.417 e. The topological polar surface area (TPSA) is 46.9 Å². The molecule has 0 radical (unpaired) electrons. The second kappa shape index (κ2) is 7.13. The average Bonchev–Trinajstić information content (AvgIpc) is 2.95. The molecule has 3 aromatic rings. The highest BCUT2D eigenvalue weighted by Gasteiger charge is 2.35. The molecule has 1 aromatic heterocycles. The van der Waals surface area contributed by atoms with Gasteiger partial charge in [0.2, 0.25) is 0 Å². The quantitative estimate of drug-likeness (QED) is 0.575. The minimum atomic E-state index is -4.64. The van der Waals surface area contributed by atoms with Crippen molar-refractivity contribution in [2.45, 2.75) is 6.18 Å². The van der Waals surface area contributed by atoms with Crippen molar-refractivity contribution in [3.63, 3.8) is 0 Å². The lowest BCUT2D eigenvalue weighted by Gasteiger charge is -2.12. The van der Waals surface area contributed by atoms with Crippen molar-refractivity contribution >= 4 is 39.3 Å². The summed E-state index contributed by atoms with van der Waals surface area (Å²) in [6.07, 6.45) is -3.09. The molecule has 9 heteroatoms. The summed E-state index contributed by atoms with van der Waals surface area (Å²) in [5.74, 6) is -0.838. The van der Waals surface area contributed by atoms with Gasteiger partial charge in [0.1, 0.15) is 0 Å². The Kier molecular flexibility index (Phi) is 5.06. The third-order valence-electron chi connectivity index (χ3n) is 3.48. The molecular formula is C17H10BrClF3N3O. The number of rotatable bonds is 3. The van der Waals surface area contributed by atoms with Gasteiger partial charge in [0, 0.05) is 6.20 Å². The van der Waals surface area contributed by atoms with E-state index in [1.165, 1.54) is 16.8 Å². The molecule has 134 valence electrons. The fourth-order valence-electron chi connectivity index (χ4n) is 2.30. The molecule has 0 fully saturated rings. The Morgan fingerprint density at radius 2 is 1.77 bits per heavy atom. The Morgan fingerprint density at radius 1 is 1.12 bits per heavy atom. The predicted molar refractivity (Wildman–Crippen MR) is 95.7 cm³/mol. The van der Waals surface area contributed by atoms with Crippen LogP contribution >= 0.6 is 27.5 Å². The number of nitrogens with one attached hydrogen (secondary N) is 1. The van der Waals surface area contributed by atoms with Gasteiger partial charge >= 0.3 is 6.18 Å². The van der Waals surface area contributed by atoms with Crippen LogP contribution in [0.25, 0.3) is 5.69 Å². The molecule has 0 saturated heterocycles. The zero-order chi connectivity index (χ0) is 18.9. The first-order valence-electron chi connectivity index (χ1n) is 7.25. The van der Waals surface area contributed by atoms with Crippen LogP contribution in [0.4, 0.5) is 19.0 Å². The summed E-state index contributed by atoms with van der Waals surface area (Å²) < 4.78 is 41.0. The number of hydrogen-bond acceptors (Lipinski definition) is 2. The molecule has 0 atom stereocenters. The normalized spacial score (nSPS) is 11.4. The summed E-state index contributed by atoms with van der Waals surface area (Å²) in [6, 6.07) is 11.4. The molecule has 0 aliphatic rings. The molecule has 4 nitrogen and oxygen atoms in total. The van der Waals surface area contributed by atoms with Crippen LogP contribution < -0.4 is 5.32 Å². The number of carbonyl (C=O) groups is 1. The van der Waals surface area contributed by atoms with Crippen molar-refractivity contribution in [1.82, 2.24) is 9.78 Å². The Bertz CT molecular complexity index is 972. The minimum absolute atomic E-state index is 0.0758. The van der Waals surface area contributed by atoms with Crippen LogP contribution in [0.5, 0.6) is 0 Å². The number of para-hydroxylation sites is 1. The summed E-state index contributed by atoms with van der Waals surface area (Å²) >= 11 is 9.34. The van der Waals surface area contributed by atoms with Crippen LogP contribution in [0.1, 0.15) is 15.9 Å². The molecular weight excluding hydrogens is 435 g/mol. The van der Waals surface area contributed by atoms with Crippen LogP contribution in [0.2, 0.25) is 5.02 Å². The highest BCUT2D eigenvalue weighted by Crippen LogP contribution is 2.32. The van der Waals surface area contributed by atoms with E-state index in [0.717, 1.165) is 12.1 Å². The van der Waals surface area contributed by atoms with Gasteiger partial charge in [-0.2, -0.15) is 13.2 Å². The first kappa shape index (κ1) is 18.5. The maximum atomic E-state index is 13.1. The molecule has 26 heavy (non-hydrogen) atoms. The van der Waals surface area contributed by atoms with Gasteiger partial charge in [-0.05, 0) is 40.2 Å². The Morgan fingerprint density at radius 3 is 2.46 bits per heavy atom. The van der Waals surface area contributed by atoms with Gasteiger partial charge in [-0.15, -0.1) is 5.10 Å². The lowest BCUT2D eigenvalue weighted by molar-refractivity contribution is -0.137. The van der Waals surface area contributed by atoms with Crippen molar-refractivity contribution < 1.29 is 18.0 Å². The third-order valence-corrected chi connectivity index (χ3v) is 4.38. The summed E-state index contributed by atoms with van der Waals surface area (Å²) in [7, 11) is 0. The first-order valence-corrected chi connectivity index (χ1v) is 8.42. The second-order valence-corrected chi connectivity index (χ2v) is 6.48. The Hall–Kier alpha value is -2.32. The number of alkyl halides is 3. The summed E-state index contributed by atoms with van der Waals surface area (Å²) in [5, 5.41) is 6.99. The number of benzene rings is 2. The zero-order valence-corrected chi connectivity index (χ0v) is 15.2. The van der Waals surface area contributed by atoms with Crippen molar-refractivity contribution in [2.75, 3.05) is 5.32 Å². The molecule has 0 saturated carbocycles. The van der Waals surface area contributed by atoms with Gasteiger partial charge in [-0.3, -0.25) is 4.79 Å². The molecule has 1 heterocycles. The van der Waals surface area contributed by atoms with Gasteiger partial charge in [-0.1, -0.05) is 35.9 Å². The smallest absolute Gasteiger partial charge is 0.304 e. The highest BCUT2D eigenvalue weighted by atomic mass is 79.9. The van der Waals surface area contributed by atoms with Crippen LogP contribution in [0, 0.1) is 0 Å². The SMILES string of the molecule is O=C(Nc1nn(-c2ccccc2Cl)cc1Br)c1ccccc1C(F)(F)F. The third kappa shape index (κ3) is 3.76. The number of amides is 1. The number of carbonyl (C=O) groups excluding carboxylic acids is 1. The summed E-state index contributed by atoms with van der Waals surface area (Å²) in [5.41, 5.74) is -0.940. The molecule has 0 bridgehead atoms. The molecule has 0 spiro atoms. The van der Waals surface area contributed by atoms with E-state index < -0.39 is 23.2 Å². The second-order valence-electron chi connectivity index (χ2n) is 5.22. The van der Waals surface area contributed by atoms with Gasteiger partial charge in [0.25, 0.3) is 5.91 Å². The fourth-order valence-corrected chi connectivity index (χ4v) is 2.90. The van der Waals surface area contributed by atoms with E-state index in [9.17, 15) is 18.0 Å². The molecule has 0 aliphatic heterocycles. The largest absolute Gasteiger partial charge is 0.417 e. The van der Waals surface area contributed by atoms with E-state index in [4.69, 9.17) is 11.6 Å². The van der Waals surface area contributed by atoms with Crippen LogP contribution in [0.15, 0.2) is 59.2 Å². The zero-order valence-electron chi connectivity index (χ0n) is 12.9.